The van der Waals surface area contributed by atoms with Crippen LogP contribution in [-0.2, 0) is 17.9 Å². The summed E-state index contributed by atoms with van der Waals surface area (Å²) in [6.45, 7) is 0.812. The van der Waals surface area contributed by atoms with Crippen LogP contribution in [0.3, 0.4) is 0 Å². The molecule has 2 aromatic rings. The van der Waals surface area contributed by atoms with E-state index in [2.05, 4.69) is 5.32 Å². The summed E-state index contributed by atoms with van der Waals surface area (Å²) in [5, 5.41) is 22.8. The van der Waals surface area contributed by atoms with Gasteiger partial charge < -0.3 is 26.0 Å². The van der Waals surface area contributed by atoms with Gasteiger partial charge in [0.25, 0.3) is 0 Å². The van der Waals surface area contributed by atoms with E-state index in [-0.39, 0.29) is 19.6 Å². The predicted molar refractivity (Wildman–Crippen MR) is 94.5 cm³/mol. The molecule has 2 aromatic carbocycles. The van der Waals surface area contributed by atoms with Crippen LogP contribution in [0.4, 0.5) is 4.79 Å². The topological polar surface area (TPSA) is 105 Å². The van der Waals surface area contributed by atoms with Crippen molar-refractivity contribution >= 4 is 6.09 Å². The van der Waals surface area contributed by atoms with Crippen molar-refractivity contribution < 1.29 is 19.7 Å². The largest absolute Gasteiger partial charge is 0.445 e. The number of carbonyl (C=O) groups excluding carboxylic acids is 1. The maximum atomic E-state index is 11.6. The van der Waals surface area contributed by atoms with Crippen molar-refractivity contribution in [3.05, 3.63) is 71.3 Å². The maximum absolute atomic E-state index is 11.6. The van der Waals surface area contributed by atoms with Crippen LogP contribution in [0, 0.1) is 0 Å². The van der Waals surface area contributed by atoms with E-state index in [1.807, 2.05) is 42.5 Å². The molecule has 0 saturated heterocycles. The Kier molecular flexibility index (Phi) is 7.40. The van der Waals surface area contributed by atoms with Crippen molar-refractivity contribution in [2.24, 2.45) is 5.73 Å². The van der Waals surface area contributed by atoms with Gasteiger partial charge in [-0.15, -0.1) is 0 Å². The average Bonchev–Trinajstić information content (AvgIpc) is 2.66. The highest BCUT2D eigenvalue weighted by Crippen LogP contribution is 2.19. The molecule has 0 bridgehead atoms. The summed E-state index contributed by atoms with van der Waals surface area (Å²) in [6, 6.07) is 16.4. The molecule has 1 amide bonds. The second-order valence-electron chi connectivity index (χ2n) is 5.74. The Morgan fingerprint density at radius 1 is 1.04 bits per heavy atom. The fourth-order valence-electron chi connectivity index (χ4n) is 2.33. The molecule has 5 N–H and O–H groups in total. The first-order valence-corrected chi connectivity index (χ1v) is 8.19. The van der Waals surface area contributed by atoms with Gasteiger partial charge in [-0.2, -0.15) is 0 Å². The molecule has 2 rings (SSSR count). The molecular formula is C19H24N2O4. The molecule has 0 radical (unpaired) electrons. The van der Waals surface area contributed by atoms with Gasteiger partial charge in [-0.25, -0.2) is 4.79 Å². The monoisotopic (exact) mass is 344 g/mol. The number of nitrogens with two attached hydrogens (primary N) is 1. The molecular weight excluding hydrogens is 320 g/mol. The summed E-state index contributed by atoms with van der Waals surface area (Å²) >= 11 is 0. The van der Waals surface area contributed by atoms with Crippen molar-refractivity contribution in [2.45, 2.75) is 31.8 Å². The fraction of sp³-hybridized carbons (Fsp3) is 0.316. The summed E-state index contributed by atoms with van der Waals surface area (Å²) in [7, 11) is 0. The van der Waals surface area contributed by atoms with Gasteiger partial charge in [0.15, 0.2) is 0 Å². The van der Waals surface area contributed by atoms with Crippen LogP contribution in [0.15, 0.2) is 54.6 Å². The Balaban J connectivity index is 1.69. The van der Waals surface area contributed by atoms with E-state index >= 15 is 0 Å². The molecule has 0 aliphatic rings. The van der Waals surface area contributed by atoms with Gasteiger partial charge in [0.1, 0.15) is 12.7 Å². The number of amides is 1. The molecule has 6 nitrogen and oxygen atoms in total. The highest BCUT2D eigenvalue weighted by molar-refractivity contribution is 5.67. The van der Waals surface area contributed by atoms with Crippen molar-refractivity contribution in [3.8, 4) is 0 Å². The molecule has 6 heteroatoms. The standard InChI is InChI=1S/C19H24N2O4/c20-12-14-6-8-16(9-7-14)18(23)17(22)10-11-21-19(24)25-13-15-4-2-1-3-5-15/h1-9,17-18,22-23H,10-13,20H2,(H,21,24). The van der Waals surface area contributed by atoms with E-state index in [0.717, 1.165) is 11.1 Å². The number of ether oxygens (including phenoxy) is 1. The second-order valence-corrected chi connectivity index (χ2v) is 5.74. The van der Waals surface area contributed by atoms with Crippen LogP contribution in [0.2, 0.25) is 0 Å². The first-order chi connectivity index (χ1) is 12.1. The van der Waals surface area contributed by atoms with Crippen LogP contribution in [0.1, 0.15) is 29.2 Å². The number of hydrogen-bond acceptors (Lipinski definition) is 5. The van der Waals surface area contributed by atoms with Gasteiger partial charge in [0.05, 0.1) is 6.10 Å². The molecule has 2 unspecified atom stereocenters. The van der Waals surface area contributed by atoms with Crippen LogP contribution in [0.25, 0.3) is 0 Å². The number of alkyl carbamates (subject to hydrolysis) is 1. The zero-order valence-electron chi connectivity index (χ0n) is 14.0. The third-order valence-corrected chi connectivity index (χ3v) is 3.84. The van der Waals surface area contributed by atoms with E-state index in [9.17, 15) is 15.0 Å². The van der Waals surface area contributed by atoms with Crippen LogP contribution < -0.4 is 11.1 Å². The molecule has 0 aliphatic carbocycles. The zero-order chi connectivity index (χ0) is 18.1. The highest BCUT2D eigenvalue weighted by Gasteiger charge is 2.18. The fourth-order valence-corrected chi connectivity index (χ4v) is 2.33. The molecule has 0 fully saturated rings. The molecule has 0 aromatic heterocycles. The molecule has 0 aliphatic heterocycles. The van der Waals surface area contributed by atoms with Crippen LogP contribution in [-0.4, -0.2) is 29.0 Å². The average molecular weight is 344 g/mol. The summed E-state index contributed by atoms with van der Waals surface area (Å²) < 4.78 is 5.07. The number of benzene rings is 2. The molecule has 2 atom stereocenters. The number of hydrogen-bond donors (Lipinski definition) is 4. The van der Waals surface area contributed by atoms with Crippen LogP contribution >= 0.6 is 0 Å². The van der Waals surface area contributed by atoms with Gasteiger partial charge in [0, 0.05) is 13.1 Å². The molecule has 25 heavy (non-hydrogen) atoms. The first-order valence-electron chi connectivity index (χ1n) is 8.19. The lowest BCUT2D eigenvalue weighted by Crippen LogP contribution is -2.29. The minimum Gasteiger partial charge on any atom is -0.445 e. The number of aliphatic hydroxyl groups excluding tert-OH is 2. The third-order valence-electron chi connectivity index (χ3n) is 3.84. The third kappa shape index (κ3) is 6.19. The quantitative estimate of drug-likeness (QED) is 0.585. The Morgan fingerprint density at radius 3 is 2.36 bits per heavy atom. The Morgan fingerprint density at radius 2 is 1.72 bits per heavy atom. The number of aliphatic hydroxyl groups is 2. The SMILES string of the molecule is NCc1ccc(C(O)C(O)CCNC(=O)OCc2ccccc2)cc1. The lowest BCUT2D eigenvalue weighted by Gasteiger charge is -2.18. The zero-order valence-corrected chi connectivity index (χ0v) is 14.0. The number of carbonyl (C=O) groups is 1. The predicted octanol–water partition coefficient (Wildman–Crippen LogP) is 1.86. The van der Waals surface area contributed by atoms with Gasteiger partial charge in [0.2, 0.25) is 0 Å². The van der Waals surface area contributed by atoms with Gasteiger partial charge >= 0.3 is 6.09 Å². The minimum atomic E-state index is -1.02. The van der Waals surface area contributed by atoms with E-state index in [4.69, 9.17) is 10.5 Å². The smallest absolute Gasteiger partial charge is 0.407 e. The lowest BCUT2D eigenvalue weighted by molar-refractivity contribution is 0.0136. The van der Waals surface area contributed by atoms with Crippen LogP contribution in [0.5, 0.6) is 0 Å². The van der Waals surface area contributed by atoms with E-state index in [1.54, 1.807) is 12.1 Å². The molecule has 0 heterocycles. The maximum Gasteiger partial charge on any atom is 0.407 e. The van der Waals surface area contributed by atoms with E-state index < -0.39 is 18.3 Å². The number of rotatable bonds is 8. The Bertz CT molecular complexity index is 646. The Labute approximate surface area is 147 Å². The van der Waals surface area contributed by atoms with Gasteiger partial charge in [-0.05, 0) is 23.1 Å². The summed E-state index contributed by atoms with van der Waals surface area (Å²) in [6.07, 6.45) is -2.36. The first kappa shape index (κ1) is 18.9. The number of nitrogens with one attached hydrogen (secondary N) is 1. The van der Waals surface area contributed by atoms with Crippen molar-refractivity contribution in [3.63, 3.8) is 0 Å². The molecule has 134 valence electrons. The van der Waals surface area contributed by atoms with Crippen molar-refractivity contribution in [1.82, 2.24) is 5.32 Å². The normalized spacial score (nSPS) is 13.1. The van der Waals surface area contributed by atoms with Gasteiger partial charge in [-0.3, -0.25) is 0 Å². The van der Waals surface area contributed by atoms with Crippen molar-refractivity contribution in [2.75, 3.05) is 6.54 Å². The molecule has 0 saturated carbocycles. The lowest BCUT2D eigenvalue weighted by atomic mass is 10.0. The highest BCUT2D eigenvalue weighted by atomic mass is 16.5. The summed E-state index contributed by atoms with van der Waals surface area (Å²) in [5.74, 6) is 0. The van der Waals surface area contributed by atoms with E-state index in [1.165, 1.54) is 0 Å². The Hall–Kier alpha value is -2.41. The van der Waals surface area contributed by atoms with Gasteiger partial charge in [-0.1, -0.05) is 54.6 Å². The van der Waals surface area contributed by atoms with E-state index in [0.29, 0.717) is 12.1 Å². The minimum absolute atomic E-state index is 0.186. The summed E-state index contributed by atoms with van der Waals surface area (Å²) in [5.41, 5.74) is 7.98. The summed E-state index contributed by atoms with van der Waals surface area (Å²) in [4.78, 5) is 11.6. The second kappa shape index (κ2) is 9.78. The van der Waals surface area contributed by atoms with Crippen molar-refractivity contribution in [1.29, 1.82) is 0 Å². The molecule has 0 spiro atoms.